The van der Waals surface area contributed by atoms with E-state index in [1.54, 1.807) is 31.2 Å². The second-order valence-electron chi connectivity index (χ2n) is 6.26. The molecule has 3 N–H and O–H groups in total. The van der Waals surface area contributed by atoms with Gasteiger partial charge in [-0.05, 0) is 30.2 Å². The van der Waals surface area contributed by atoms with E-state index < -0.39 is 0 Å². The number of rotatable bonds is 10. The first-order valence-electron chi connectivity index (χ1n) is 8.92. The van der Waals surface area contributed by atoms with Crippen LogP contribution in [0.4, 0.5) is 5.69 Å². The smallest absolute Gasteiger partial charge is 0.305 e. The molecule has 0 saturated heterocycles. The molecule has 144 valence electrons. The third kappa shape index (κ3) is 7.65. The maximum Gasteiger partial charge on any atom is 0.305 e. The molecular formula is C19H29N3O4. The van der Waals surface area contributed by atoms with Gasteiger partial charge in [0.15, 0.2) is 0 Å². The molecule has 1 aromatic carbocycles. The van der Waals surface area contributed by atoms with Gasteiger partial charge in [0.2, 0.25) is 11.8 Å². The summed E-state index contributed by atoms with van der Waals surface area (Å²) in [5.41, 5.74) is 1.45. The average molecular weight is 363 g/mol. The van der Waals surface area contributed by atoms with Crippen molar-refractivity contribution in [2.45, 2.75) is 46.8 Å². The van der Waals surface area contributed by atoms with Crippen molar-refractivity contribution in [1.29, 1.82) is 0 Å². The van der Waals surface area contributed by atoms with E-state index in [1.165, 1.54) is 0 Å². The number of hydrogen-bond acceptors (Lipinski definition) is 5. The predicted octanol–water partition coefficient (Wildman–Crippen LogP) is 1.83. The lowest BCUT2D eigenvalue weighted by molar-refractivity contribution is -0.144. The van der Waals surface area contributed by atoms with Gasteiger partial charge in [-0.25, -0.2) is 0 Å². The minimum Gasteiger partial charge on any atom is -0.461 e. The number of hydrogen-bond donors (Lipinski definition) is 3. The van der Waals surface area contributed by atoms with Crippen molar-refractivity contribution in [3.63, 3.8) is 0 Å². The molecule has 26 heavy (non-hydrogen) atoms. The van der Waals surface area contributed by atoms with Gasteiger partial charge in [0.25, 0.3) is 0 Å². The van der Waals surface area contributed by atoms with Crippen LogP contribution in [-0.4, -0.2) is 36.9 Å². The van der Waals surface area contributed by atoms with Crippen molar-refractivity contribution in [1.82, 2.24) is 10.6 Å². The number of amides is 2. The van der Waals surface area contributed by atoms with Gasteiger partial charge in [0, 0.05) is 12.1 Å². The van der Waals surface area contributed by atoms with Crippen LogP contribution in [0.3, 0.4) is 0 Å². The summed E-state index contributed by atoms with van der Waals surface area (Å²) in [7, 11) is 0. The van der Waals surface area contributed by atoms with Gasteiger partial charge in [-0.3, -0.25) is 14.4 Å². The van der Waals surface area contributed by atoms with Crippen molar-refractivity contribution >= 4 is 23.5 Å². The van der Waals surface area contributed by atoms with Crippen LogP contribution in [0.5, 0.6) is 0 Å². The third-order valence-electron chi connectivity index (χ3n) is 3.72. The third-order valence-corrected chi connectivity index (χ3v) is 3.72. The maximum absolute atomic E-state index is 12.1. The van der Waals surface area contributed by atoms with E-state index in [0.29, 0.717) is 18.7 Å². The minimum atomic E-state index is -0.321. The molecule has 0 aliphatic carbocycles. The lowest BCUT2D eigenvalue weighted by atomic mass is 10.0. The van der Waals surface area contributed by atoms with Crippen molar-refractivity contribution < 1.29 is 19.1 Å². The van der Waals surface area contributed by atoms with E-state index in [4.69, 9.17) is 4.74 Å². The fourth-order valence-corrected chi connectivity index (χ4v) is 2.28. The van der Waals surface area contributed by atoms with Crippen LogP contribution in [0.2, 0.25) is 0 Å². The highest BCUT2D eigenvalue weighted by atomic mass is 16.5. The predicted molar refractivity (Wildman–Crippen MR) is 100 cm³/mol. The van der Waals surface area contributed by atoms with Gasteiger partial charge in [-0.15, -0.1) is 0 Å². The fourth-order valence-electron chi connectivity index (χ4n) is 2.28. The van der Waals surface area contributed by atoms with E-state index in [2.05, 4.69) is 16.0 Å². The highest BCUT2D eigenvalue weighted by molar-refractivity contribution is 5.95. The summed E-state index contributed by atoms with van der Waals surface area (Å²) in [6, 6.07) is 6.68. The Hall–Kier alpha value is -2.41. The zero-order valence-electron chi connectivity index (χ0n) is 15.9. The zero-order valence-corrected chi connectivity index (χ0v) is 15.9. The average Bonchev–Trinajstić information content (AvgIpc) is 2.63. The Morgan fingerprint density at radius 1 is 1.08 bits per heavy atom. The summed E-state index contributed by atoms with van der Waals surface area (Å²) in [5, 5.41) is 8.47. The van der Waals surface area contributed by atoms with Crippen LogP contribution in [0.15, 0.2) is 24.3 Å². The number of likely N-dealkylation sites (N-methyl/N-ethyl adjacent to an activating group) is 1. The SMILES string of the molecule is CCNC(C(=O)NCC(=O)Nc1ccc(COC(=O)CC)cc1)C(C)C. The van der Waals surface area contributed by atoms with Gasteiger partial charge in [-0.2, -0.15) is 0 Å². The molecule has 0 radical (unpaired) electrons. The fraction of sp³-hybridized carbons (Fsp3) is 0.526. The minimum absolute atomic E-state index is 0.0939. The van der Waals surface area contributed by atoms with E-state index >= 15 is 0 Å². The molecule has 0 spiro atoms. The molecule has 7 nitrogen and oxygen atoms in total. The van der Waals surface area contributed by atoms with Crippen LogP contribution in [0.1, 0.15) is 39.7 Å². The summed E-state index contributed by atoms with van der Waals surface area (Å²) in [4.78, 5) is 35.3. The van der Waals surface area contributed by atoms with Gasteiger partial charge < -0.3 is 20.7 Å². The summed E-state index contributed by atoms with van der Waals surface area (Å²) in [6.07, 6.45) is 0.339. The Kier molecular flexibility index (Phi) is 9.36. The lowest BCUT2D eigenvalue weighted by Gasteiger charge is -2.20. The van der Waals surface area contributed by atoms with E-state index in [0.717, 1.165) is 5.56 Å². The molecule has 2 amide bonds. The quantitative estimate of drug-likeness (QED) is 0.551. The van der Waals surface area contributed by atoms with Gasteiger partial charge in [-0.1, -0.05) is 39.8 Å². The molecule has 0 aromatic heterocycles. The Morgan fingerprint density at radius 2 is 1.73 bits per heavy atom. The molecule has 1 unspecified atom stereocenters. The molecule has 0 fully saturated rings. The topological polar surface area (TPSA) is 96.5 Å². The van der Waals surface area contributed by atoms with Crippen molar-refractivity contribution in [3.05, 3.63) is 29.8 Å². The highest BCUT2D eigenvalue weighted by Crippen LogP contribution is 2.10. The van der Waals surface area contributed by atoms with Crippen LogP contribution in [0.25, 0.3) is 0 Å². The summed E-state index contributed by atoms with van der Waals surface area (Å²) < 4.78 is 5.04. The van der Waals surface area contributed by atoms with Crippen molar-refractivity contribution in [3.8, 4) is 0 Å². The molecule has 7 heteroatoms. The first kappa shape index (κ1) is 21.6. The standard InChI is InChI=1S/C19H29N3O4/c1-5-17(24)26-12-14-7-9-15(10-8-14)22-16(23)11-21-19(25)18(13(3)4)20-6-2/h7-10,13,18,20H,5-6,11-12H2,1-4H3,(H,21,25)(H,22,23). The van der Waals surface area contributed by atoms with Crippen molar-refractivity contribution in [2.24, 2.45) is 5.92 Å². The maximum atomic E-state index is 12.1. The van der Waals surface area contributed by atoms with Crippen LogP contribution in [0, 0.1) is 5.92 Å². The van der Waals surface area contributed by atoms with Crippen molar-refractivity contribution in [2.75, 3.05) is 18.4 Å². The van der Waals surface area contributed by atoms with E-state index in [9.17, 15) is 14.4 Å². The normalized spacial score (nSPS) is 11.7. The number of ether oxygens (including phenoxy) is 1. The van der Waals surface area contributed by atoms with E-state index in [1.807, 2.05) is 20.8 Å². The Labute approximate surface area is 154 Å². The molecular weight excluding hydrogens is 334 g/mol. The lowest BCUT2D eigenvalue weighted by Crippen LogP contribution is -2.49. The largest absolute Gasteiger partial charge is 0.461 e. The number of esters is 1. The molecule has 1 atom stereocenters. The molecule has 0 aliphatic heterocycles. The highest BCUT2D eigenvalue weighted by Gasteiger charge is 2.21. The Bertz CT molecular complexity index is 599. The molecule has 1 aromatic rings. The summed E-state index contributed by atoms with van der Waals surface area (Å²) in [5.74, 6) is -0.615. The first-order valence-corrected chi connectivity index (χ1v) is 8.92. The van der Waals surface area contributed by atoms with Gasteiger partial charge in [0.05, 0.1) is 12.6 Å². The molecule has 0 heterocycles. The van der Waals surface area contributed by atoms with Crippen LogP contribution >= 0.6 is 0 Å². The molecule has 0 aliphatic rings. The molecule has 1 rings (SSSR count). The number of nitrogens with one attached hydrogen (secondary N) is 3. The van der Waals surface area contributed by atoms with Gasteiger partial charge in [0.1, 0.15) is 6.61 Å². The number of carbonyl (C=O) groups is 3. The number of anilines is 1. The number of benzene rings is 1. The zero-order chi connectivity index (χ0) is 19.5. The summed E-state index contributed by atoms with van der Waals surface area (Å²) >= 11 is 0. The second kappa shape index (κ2) is 11.3. The van der Waals surface area contributed by atoms with Gasteiger partial charge >= 0.3 is 5.97 Å². The Balaban J connectivity index is 2.45. The van der Waals surface area contributed by atoms with E-state index in [-0.39, 0.29) is 42.9 Å². The molecule has 0 saturated carbocycles. The number of carbonyl (C=O) groups excluding carboxylic acids is 3. The summed E-state index contributed by atoms with van der Waals surface area (Å²) in [6.45, 7) is 8.37. The van der Waals surface area contributed by atoms with Crippen LogP contribution in [-0.2, 0) is 25.7 Å². The Morgan fingerprint density at radius 3 is 2.27 bits per heavy atom. The first-order chi connectivity index (χ1) is 12.4. The molecule has 0 bridgehead atoms. The second-order valence-corrected chi connectivity index (χ2v) is 6.26. The monoisotopic (exact) mass is 363 g/mol. The van der Waals surface area contributed by atoms with Crippen LogP contribution < -0.4 is 16.0 Å².